The molecule has 0 saturated carbocycles. The molecule has 5 aromatic rings. The number of carbonyl (C=O) groups is 1. The Morgan fingerprint density at radius 2 is 1.56 bits per heavy atom. The molecule has 0 fully saturated rings. The fourth-order valence-electron chi connectivity index (χ4n) is 5.50. The average molecular weight is 714 g/mol. The van der Waals surface area contributed by atoms with Crippen LogP contribution in [-0.4, -0.2) is 30.5 Å². The highest BCUT2D eigenvalue weighted by Gasteiger charge is 2.34. The first-order valence-electron chi connectivity index (χ1n) is 15.4. The molecule has 0 aliphatic rings. The van der Waals surface area contributed by atoms with Crippen LogP contribution in [0.1, 0.15) is 45.0 Å². The van der Waals surface area contributed by atoms with Crippen LogP contribution >= 0.6 is 35.3 Å². The highest BCUT2D eigenvalue weighted by atomic mass is 35.5. The lowest BCUT2D eigenvalue weighted by atomic mass is 9.90. The number of nitrogens with zero attached hydrogens (tertiary/aromatic N) is 1. The van der Waals surface area contributed by atoms with Crippen molar-refractivity contribution in [1.29, 1.82) is 0 Å². The minimum absolute atomic E-state index is 0. The van der Waals surface area contributed by atoms with Gasteiger partial charge in [-0.1, -0.05) is 103 Å². The van der Waals surface area contributed by atoms with E-state index in [2.05, 4.69) is 34.5 Å². The van der Waals surface area contributed by atoms with Crippen molar-refractivity contribution in [2.24, 2.45) is 0 Å². The first-order chi connectivity index (χ1) is 22.8. The molecule has 0 atom stereocenters. The maximum Gasteiger partial charge on any atom is 0.417 e. The van der Waals surface area contributed by atoms with E-state index in [9.17, 15) is 18.0 Å². The maximum absolute atomic E-state index is 13.7. The molecule has 0 aliphatic carbocycles. The molecule has 252 valence electrons. The first kappa shape index (κ1) is 37.0. The normalized spacial score (nSPS) is 11.4. The number of alkyl halides is 3. The van der Waals surface area contributed by atoms with Crippen LogP contribution in [0.5, 0.6) is 5.75 Å². The molecule has 1 N–H and O–H groups in total. The molecule has 1 aromatic heterocycles. The number of hydrogen-bond donors (Lipinski definition) is 1. The fourth-order valence-corrected chi connectivity index (χ4v) is 6.44. The Bertz CT molecular complexity index is 1670. The van der Waals surface area contributed by atoms with Crippen LogP contribution in [0.3, 0.4) is 0 Å². The Balaban J connectivity index is 0.00000520. The van der Waals surface area contributed by atoms with Crippen molar-refractivity contribution in [1.82, 2.24) is 10.2 Å². The summed E-state index contributed by atoms with van der Waals surface area (Å²) in [5, 5.41) is 4.65. The van der Waals surface area contributed by atoms with Crippen LogP contribution in [-0.2, 0) is 30.5 Å². The summed E-state index contributed by atoms with van der Waals surface area (Å²) in [7, 11) is 0. The lowest BCUT2D eigenvalue weighted by Crippen LogP contribution is -2.31. The Hall–Kier alpha value is -3.82. The van der Waals surface area contributed by atoms with E-state index in [1.807, 2.05) is 78.2 Å². The van der Waals surface area contributed by atoms with Crippen LogP contribution in [0.15, 0.2) is 121 Å². The fraction of sp³-hybridized carbons (Fsp3) is 0.237. The van der Waals surface area contributed by atoms with E-state index >= 15 is 0 Å². The van der Waals surface area contributed by atoms with Gasteiger partial charge in [0.25, 0.3) is 0 Å². The highest BCUT2D eigenvalue weighted by molar-refractivity contribution is 7.09. The Morgan fingerprint density at radius 3 is 2.21 bits per heavy atom. The summed E-state index contributed by atoms with van der Waals surface area (Å²) in [5.74, 6) is 0.587. The number of hydrogen-bond acceptors (Lipinski definition) is 4. The zero-order valence-electron chi connectivity index (χ0n) is 26.2. The van der Waals surface area contributed by atoms with Crippen molar-refractivity contribution in [2.45, 2.75) is 38.0 Å². The molecule has 10 heteroatoms. The van der Waals surface area contributed by atoms with Gasteiger partial charge in [-0.2, -0.15) is 13.2 Å². The van der Waals surface area contributed by atoms with Gasteiger partial charge < -0.3 is 10.1 Å². The predicted octanol–water partition coefficient (Wildman–Crippen LogP) is 9.80. The molecule has 0 saturated heterocycles. The molecule has 1 amide bonds. The van der Waals surface area contributed by atoms with E-state index in [-0.39, 0.29) is 42.2 Å². The van der Waals surface area contributed by atoms with Gasteiger partial charge in [-0.3, -0.25) is 9.69 Å². The average Bonchev–Trinajstić information content (AvgIpc) is 3.60. The number of halogens is 5. The zero-order valence-corrected chi connectivity index (χ0v) is 28.6. The second kappa shape index (κ2) is 18.1. The number of amides is 1. The monoisotopic (exact) mass is 712 g/mol. The van der Waals surface area contributed by atoms with Gasteiger partial charge >= 0.3 is 6.18 Å². The Morgan fingerprint density at radius 1 is 0.875 bits per heavy atom. The molecule has 0 radical (unpaired) electrons. The summed E-state index contributed by atoms with van der Waals surface area (Å²) in [6.07, 6.45) is -3.67. The number of thiophene rings is 1. The van der Waals surface area contributed by atoms with E-state index in [0.717, 1.165) is 27.6 Å². The molecule has 1 heterocycles. The maximum atomic E-state index is 13.7. The van der Waals surface area contributed by atoms with Crippen LogP contribution in [0, 0.1) is 0 Å². The van der Waals surface area contributed by atoms with Crippen LogP contribution in [0.2, 0.25) is 5.02 Å². The van der Waals surface area contributed by atoms with Crippen molar-refractivity contribution in [3.8, 4) is 5.75 Å². The van der Waals surface area contributed by atoms with Gasteiger partial charge in [0, 0.05) is 30.4 Å². The predicted molar refractivity (Wildman–Crippen MR) is 190 cm³/mol. The number of nitrogens with one attached hydrogen (secondary N) is 1. The van der Waals surface area contributed by atoms with E-state index in [0.29, 0.717) is 44.0 Å². The number of ether oxygens (including phenoxy) is 1. The van der Waals surface area contributed by atoms with E-state index < -0.39 is 11.7 Å². The molecule has 5 rings (SSSR count). The molecular formula is C38H37Cl2F3N2O2S. The van der Waals surface area contributed by atoms with Gasteiger partial charge in [0.15, 0.2) is 0 Å². The quantitative estimate of drug-likeness (QED) is 0.110. The zero-order chi connectivity index (χ0) is 33.1. The second-order valence-electron chi connectivity index (χ2n) is 11.3. The number of rotatable bonds is 15. The summed E-state index contributed by atoms with van der Waals surface area (Å²) in [4.78, 5) is 15.7. The third kappa shape index (κ3) is 10.9. The van der Waals surface area contributed by atoms with Crippen molar-refractivity contribution in [2.75, 3.05) is 19.7 Å². The smallest absolute Gasteiger partial charge is 0.417 e. The standard InChI is InChI=1S/C38H36ClF3N2O2S.ClH/c39-37-31(16-8-19-35(37)38(40,41)42)26-44(27-34(29-12-3-1-4-13-29)30-14-5-2-6-15-30)20-10-21-46-32-17-7-11-28(23-32)24-36(45)43-25-33-18-9-22-47-33;/h1-9,11-19,22-23,34H,10,20-21,24-27H2,(H,43,45);1H. The minimum Gasteiger partial charge on any atom is -0.494 e. The molecule has 4 nitrogen and oxygen atoms in total. The summed E-state index contributed by atoms with van der Waals surface area (Å²) < 4.78 is 47.1. The third-order valence-corrected chi connectivity index (χ3v) is 9.14. The lowest BCUT2D eigenvalue weighted by Gasteiger charge is -2.29. The molecule has 48 heavy (non-hydrogen) atoms. The summed E-state index contributed by atoms with van der Waals surface area (Å²) in [6.45, 7) is 2.27. The van der Waals surface area contributed by atoms with E-state index in [1.54, 1.807) is 17.4 Å². The van der Waals surface area contributed by atoms with Gasteiger partial charge in [-0.05, 0) is 58.3 Å². The third-order valence-electron chi connectivity index (χ3n) is 7.81. The van der Waals surface area contributed by atoms with Crippen molar-refractivity contribution in [3.05, 3.63) is 158 Å². The number of carbonyl (C=O) groups excluding carboxylic acids is 1. The van der Waals surface area contributed by atoms with Crippen LogP contribution in [0.4, 0.5) is 13.2 Å². The molecule has 0 aliphatic heterocycles. The van der Waals surface area contributed by atoms with E-state index in [1.165, 1.54) is 6.07 Å². The van der Waals surface area contributed by atoms with Gasteiger partial charge in [0.05, 0.1) is 30.2 Å². The SMILES string of the molecule is Cl.O=C(Cc1cccc(OCCCN(Cc2cccc(C(F)(F)F)c2Cl)CC(c2ccccc2)c2ccccc2)c1)NCc1cccs1. The Kier molecular flexibility index (Phi) is 13.9. The Labute approximate surface area is 294 Å². The highest BCUT2D eigenvalue weighted by Crippen LogP contribution is 2.37. The van der Waals surface area contributed by atoms with Crippen molar-refractivity contribution >= 4 is 41.3 Å². The minimum atomic E-state index is -4.54. The van der Waals surface area contributed by atoms with Gasteiger partial charge in [-0.15, -0.1) is 23.7 Å². The van der Waals surface area contributed by atoms with E-state index in [4.69, 9.17) is 16.3 Å². The molecule has 0 unspecified atom stereocenters. The first-order valence-corrected chi connectivity index (χ1v) is 16.7. The second-order valence-corrected chi connectivity index (χ2v) is 12.7. The van der Waals surface area contributed by atoms with Gasteiger partial charge in [0.2, 0.25) is 5.91 Å². The topological polar surface area (TPSA) is 41.6 Å². The number of benzene rings is 4. The molecule has 0 bridgehead atoms. The summed E-state index contributed by atoms with van der Waals surface area (Å²) in [5.41, 5.74) is 2.67. The molecular weight excluding hydrogens is 676 g/mol. The van der Waals surface area contributed by atoms with Crippen LogP contribution < -0.4 is 10.1 Å². The molecule has 0 spiro atoms. The van der Waals surface area contributed by atoms with Gasteiger partial charge in [0.1, 0.15) is 5.75 Å². The summed E-state index contributed by atoms with van der Waals surface area (Å²) in [6, 6.07) is 35.7. The van der Waals surface area contributed by atoms with Crippen molar-refractivity contribution < 1.29 is 22.7 Å². The van der Waals surface area contributed by atoms with Gasteiger partial charge in [-0.25, -0.2) is 0 Å². The van der Waals surface area contributed by atoms with Crippen LogP contribution in [0.25, 0.3) is 0 Å². The van der Waals surface area contributed by atoms with Crippen molar-refractivity contribution in [3.63, 3.8) is 0 Å². The lowest BCUT2D eigenvalue weighted by molar-refractivity contribution is -0.137. The largest absolute Gasteiger partial charge is 0.494 e. The molecule has 4 aromatic carbocycles. The summed E-state index contributed by atoms with van der Waals surface area (Å²) >= 11 is 7.95.